The minimum Gasteiger partial charge on any atom is -0.371 e. The molecule has 0 atom stereocenters. The Kier molecular flexibility index (Phi) is 7.39. The van der Waals surface area contributed by atoms with Gasteiger partial charge in [-0.15, -0.1) is 0 Å². The highest BCUT2D eigenvalue weighted by molar-refractivity contribution is 7.89. The number of rotatable bonds is 7. The summed E-state index contributed by atoms with van der Waals surface area (Å²) in [5.41, 5.74) is 1.54. The van der Waals surface area contributed by atoms with E-state index in [1.54, 1.807) is 12.1 Å². The molecule has 3 rings (SSSR count). The SMILES string of the molecule is CC(C)CNC(=O)c1ccccc1N1CCC(NS(=O)(=O)c2ccc(Cl)cc2)CC1. The van der Waals surface area contributed by atoms with Crippen LogP contribution in [0.4, 0.5) is 5.69 Å². The number of halogens is 1. The number of anilines is 1. The summed E-state index contributed by atoms with van der Waals surface area (Å²) >= 11 is 5.85. The number of nitrogens with zero attached hydrogens (tertiary/aromatic N) is 1. The van der Waals surface area contributed by atoms with Crippen LogP contribution in [0.1, 0.15) is 37.0 Å². The van der Waals surface area contributed by atoms with Gasteiger partial charge in [0.05, 0.1) is 10.5 Å². The van der Waals surface area contributed by atoms with Gasteiger partial charge in [0, 0.05) is 36.4 Å². The van der Waals surface area contributed by atoms with Crippen molar-refractivity contribution in [3.05, 3.63) is 59.1 Å². The molecular formula is C22H28ClN3O3S. The zero-order valence-electron chi connectivity index (χ0n) is 17.3. The van der Waals surface area contributed by atoms with Crippen molar-refractivity contribution in [1.29, 1.82) is 0 Å². The van der Waals surface area contributed by atoms with Gasteiger partial charge in [-0.25, -0.2) is 13.1 Å². The molecule has 162 valence electrons. The first-order valence-electron chi connectivity index (χ1n) is 10.2. The predicted molar refractivity (Wildman–Crippen MR) is 121 cm³/mol. The maximum atomic E-state index is 12.6. The Labute approximate surface area is 183 Å². The second kappa shape index (κ2) is 9.81. The van der Waals surface area contributed by atoms with Crippen LogP contribution >= 0.6 is 11.6 Å². The topological polar surface area (TPSA) is 78.5 Å². The summed E-state index contributed by atoms with van der Waals surface area (Å²) < 4.78 is 28.0. The number of sulfonamides is 1. The number of hydrogen-bond acceptors (Lipinski definition) is 4. The van der Waals surface area contributed by atoms with Crippen LogP contribution in [0.2, 0.25) is 5.02 Å². The Morgan fingerprint density at radius 1 is 1.10 bits per heavy atom. The molecule has 1 heterocycles. The molecule has 0 bridgehead atoms. The molecule has 1 aliphatic rings. The number of carbonyl (C=O) groups is 1. The van der Waals surface area contributed by atoms with Crippen LogP contribution in [-0.2, 0) is 10.0 Å². The Bertz CT molecular complexity index is 969. The Hall–Kier alpha value is -2.09. The van der Waals surface area contributed by atoms with Crippen molar-refractivity contribution in [3.63, 3.8) is 0 Å². The molecule has 0 radical (unpaired) electrons. The first kappa shape index (κ1) is 22.6. The number of carbonyl (C=O) groups excluding carboxylic acids is 1. The number of nitrogens with one attached hydrogen (secondary N) is 2. The van der Waals surface area contributed by atoms with E-state index in [4.69, 9.17) is 11.6 Å². The number of amides is 1. The lowest BCUT2D eigenvalue weighted by Crippen LogP contribution is -2.45. The van der Waals surface area contributed by atoms with Crippen LogP contribution in [0, 0.1) is 5.92 Å². The van der Waals surface area contributed by atoms with E-state index in [9.17, 15) is 13.2 Å². The van der Waals surface area contributed by atoms with E-state index in [2.05, 4.69) is 28.8 Å². The summed E-state index contributed by atoms with van der Waals surface area (Å²) in [5, 5.41) is 3.47. The summed E-state index contributed by atoms with van der Waals surface area (Å²) in [5.74, 6) is 0.301. The molecule has 1 saturated heterocycles. The van der Waals surface area contributed by atoms with Gasteiger partial charge in [-0.2, -0.15) is 0 Å². The monoisotopic (exact) mass is 449 g/mol. The smallest absolute Gasteiger partial charge is 0.253 e. The van der Waals surface area contributed by atoms with Crippen LogP contribution in [0.3, 0.4) is 0 Å². The first-order chi connectivity index (χ1) is 14.3. The lowest BCUT2D eigenvalue weighted by atomic mass is 10.0. The highest BCUT2D eigenvalue weighted by Gasteiger charge is 2.26. The number of para-hydroxylation sites is 1. The minimum atomic E-state index is -3.59. The van der Waals surface area contributed by atoms with E-state index in [1.165, 1.54) is 12.1 Å². The molecule has 6 nitrogen and oxygen atoms in total. The first-order valence-corrected chi connectivity index (χ1v) is 12.0. The van der Waals surface area contributed by atoms with Crippen LogP contribution in [0.5, 0.6) is 0 Å². The van der Waals surface area contributed by atoms with E-state index in [0.717, 1.165) is 5.69 Å². The van der Waals surface area contributed by atoms with E-state index in [0.29, 0.717) is 49.0 Å². The van der Waals surface area contributed by atoms with Gasteiger partial charge in [0.15, 0.2) is 0 Å². The fourth-order valence-electron chi connectivity index (χ4n) is 3.47. The van der Waals surface area contributed by atoms with Crippen molar-refractivity contribution in [1.82, 2.24) is 10.0 Å². The van der Waals surface area contributed by atoms with Gasteiger partial charge in [0.2, 0.25) is 10.0 Å². The maximum absolute atomic E-state index is 12.6. The van der Waals surface area contributed by atoms with E-state index in [1.807, 2.05) is 24.3 Å². The molecule has 0 saturated carbocycles. The van der Waals surface area contributed by atoms with Gasteiger partial charge in [0.25, 0.3) is 5.91 Å². The van der Waals surface area contributed by atoms with Gasteiger partial charge in [-0.1, -0.05) is 37.6 Å². The molecular weight excluding hydrogens is 422 g/mol. The van der Waals surface area contributed by atoms with Crippen LogP contribution < -0.4 is 14.9 Å². The summed E-state index contributed by atoms with van der Waals surface area (Å²) in [6.07, 6.45) is 1.32. The third kappa shape index (κ3) is 5.74. The largest absolute Gasteiger partial charge is 0.371 e. The number of piperidine rings is 1. The molecule has 0 spiro atoms. The molecule has 0 aliphatic carbocycles. The molecule has 8 heteroatoms. The van der Waals surface area contributed by atoms with Crippen molar-refractivity contribution >= 4 is 33.2 Å². The van der Waals surface area contributed by atoms with Gasteiger partial charge in [-0.05, 0) is 55.2 Å². The fourth-order valence-corrected chi connectivity index (χ4v) is 4.90. The lowest BCUT2D eigenvalue weighted by molar-refractivity contribution is 0.0949. The zero-order chi connectivity index (χ0) is 21.7. The van der Waals surface area contributed by atoms with Gasteiger partial charge in [-0.3, -0.25) is 4.79 Å². The summed E-state index contributed by atoms with van der Waals surface area (Å²) in [6.45, 7) is 6.08. The van der Waals surface area contributed by atoms with Gasteiger partial charge in [0.1, 0.15) is 0 Å². The van der Waals surface area contributed by atoms with Gasteiger partial charge >= 0.3 is 0 Å². The number of hydrogen-bond donors (Lipinski definition) is 2. The van der Waals surface area contributed by atoms with Gasteiger partial charge < -0.3 is 10.2 Å². The summed E-state index contributed by atoms with van der Waals surface area (Å²) in [6, 6.07) is 13.6. The number of benzene rings is 2. The molecule has 2 aromatic carbocycles. The van der Waals surface area contributed by atoms with Crippen molar-refractivity contribution in [2.75, 3.05) is 24.5 Å². The Morgan fingerprint density at radius 3 is 2.37 bits per heavy atom. The van der Waals surface area contributed by atoms with Crippen molar-refractivity contribution < 1.29 is 13.2 Å². The Balaban J connectivity index is 1.63. The predicted octanol–water partition coefficient (Wildman–Crippen LogP) is 3.67. The van der Waals surface area contributed by atoms with Crippen LogP contribution in [-0.4, -0.2) is 40.0 Å². The zero-order valence-corrected chi connectivity index (χ0v) is 18.8. The Morgan fingerprint density at radius 2 is 1.73 bits per heavy atom. The highest BCUT2D eigenvalue weighted by Crippen LogP contribution is 2.25. The molecule has 0 aromatic heterocycles. The average Bonchev–Trinajstić information content (AvgIpc) is 2.72. The van der Waals surface area contributed by atoms with Crippen molar-refractivity contribution in [2.24, 2.45) is 5.92 Å². The second-order valence-electron chi connectivity index (χ2n) is 7.96. The van der Waals surface area contributed by atoms with E-state index >= 15 is 0 Å². The maximum Gasteiger partial charge on any atom is 0.253 e. The second-order valence-corrected chi connectivity index (χ2v) is 10.1. The molecule has 2 N–H and O–H groups in total. The quantitative estimate of drug-likeness (QED) is 0.676. The molecule has 30 heavy (non-hydrogen) atoms. The lowest BCUT2D eigenvalue weighted by Gasteiger charge is -2.34. The molecule has 1 amide bonds. The third-order valence-electron chi connectivity index (χ3n) is 5.10. The fraction of sp³-hybridized carbons (Fsp3) is 0.409. The normalized spacial score (nSPS) is 15.4. The third-order valence-corrected chi connectivity index (χ3v) is 6.89. The average molecular weight is 450 g/mol. The summed E-state index contributed by atoms with van der Waals surface area (Å²) in [7, 11) is -3.59. The highest BCUT2D eigenvalue weighted by atomic mass is 35.5. The van der Waals surface area contributed by atoms with Crippen LogP contribution in [0.25, 0.3) is 0 Å². The van der Waals surface area contributed by atoms with Crippen molar-refractivity contribution in [2.45, 2.75) is 37.6 Å². The molecule has 1 aliphatic heterocycles. The van der Waals surface area contributed by atoms with E-state index in [-0.39, 0.29) is 16.8 Å². The van der Waals surface area contributed by atoms with E-state index < -0.39 is 10.0 Å². The molecule has 1 fully saturated rings. The molecule has 2 aromatic rings. The van der Waals surface area contributed by atoms with Crippen molar-refractivity contribution in [3.8, 4) is 0 Å². The minimum absolute atomic E-state index is 0.0788. The van der Waals surface area contributed by atoms with Crippen LogP contribution in [0.15, 0.2) is 53.4 Å². The standard InChI is InChI=1S/C22H28ClN3O3S/c1-16(2)15-24-22(27)20-5-3-4-6-21(20)26-13-11-18(12-14-26)25-30(28,29)19-9-7-17(23)8-10-19/h3-10,16,18,25H,11-15H2,1-2H3,(H,24,27). The summed E-state index contributed by atoms with van der Waals surface area (Å²) in [4.78, 5) is 15.0. The molecule has 0 unspecified atom stereocenters.